The van der Waals surface area contributed by atoms with Gasteiger partial charge in [0.1, 0.15) is 17.1 Å². The average Bonchev–Trinajstić information content (AvgIpc) is 3.27. The van der Waals surface area contributed by atoms with Crippen molar-refractivity contribution in [1.29, 1.82) is 0 Å². The van der Waals surface area contributed by atoms with E-state index in [1.54, 1.807) is 11.8 Å². The number of nitrogens with zero attached hydrogens (tertiary/aromatic N) is 1. The molecule has 2 aromatic rings. The highest BCUT2D eigenvalue weighted by Crippen LogP contribution is 2.31. The van der Waals surface area contributed by atoms with E-state index in [9.17, 15) is 9.59 Å². The molecule has 0 bridgehead atoms. The number of rotatable bonds is 7. The number of carboxylic acid groups (broad SMARTS) is 1. The number of H-pyrrole nitrogens is 2. The molecule has 6 N–H and O–H groups in total. The van der Waals surface area contributed by atoms with E-state index >= 15 is 0 Å². The van der Waals surface area contributed by atoms with Crippen LogP contribution in [0.3, 0.4) is 0 Å². The fourth-order valence-corrected chi connectivity index (χ4v) is 4.13. The molecule has 0 radical (unpaired) electrons. The Kier molecular flexibility index (Phi) is 7.67. The fraction of sp³-hybridized carbons (Fsp3) is 0.588. The second-order valence-corrected chi connectivity index (χ2v) is 7.15. The van der Waals surface area contributed by atoms with Crippen molar-refractivity contribution in [1.82, 2.24) is 20.3 Å². The van der Waals surface area contributed by atoms with Crippen LogP contribution in [0, 0.1) is 0 Å². The lowest BCUT2D eigenvalue weighted by Gasteiger charge is -2.14. The topological polar surface area (TPSA) is 137 Å². The van der Waals surface area contributed by atoms with E-state index in [0.29, 0.717) is 18.0 Å². The van der Waals surface area contributed by atoms with Gasteiger partial charge in [-0.25, -0.2) is 4.98 Å². The van der Waals surface area contributed by atoms with Crippen LogP contribution in [0.4, 0.5) is 0 Å². The number of carbonyl (C=O) groups is 1. The molecular weight excluding hydrogens is 354 g/mol. The number of aromatic amines is 2. The maximum absolute atomic E-state index is 11.7. The van der Waals surface area contributed by atoms with Gasteiger partial charge in [-0.3, -0.25) is 9.59 Å². The van der Waals surface area contributed by atoms with E-state index in [4.69, 9.17) is 10.8 Å². The minimum Gasteiger partial charge on any atom is -0.480 e. The number of aliphatic carboxylic acids is 1. The molecule has 3 atom stereocenters. The molecule has 0 amide bonds. The van der Waals surface area contributed by atoms with E-state index in [1.165, 1.54) is 6.33 Å². The van der Waals surface area contributed by atoms with Gasteiger partial charge in [-0.15, -0.1) is 0 Å². The molecule has 1 aliphatic heterocycles. The predicted octanol–water partition coefficient (Wildman–Crippen LogP) is 1.61. The molecule has 3 heterocycles. The summed E-state index contributed by atoms with van der Waals surface area (Å²) in [5.41, 5.74) is 7.59. The Morgan fingerprint density at radius 3 is 2.92 bits per heavy atom. The van der Waals surface area contributed by atoms with Crippen LogP contribution in [0.5, 0.6) is 0 Å². The number of hydrogen-bond donors (Lipinski definition) is 5. The first kappa shape index (κ1) is 20.5. The number of carboxylic acids is 1. The van der Waals surface area contributed by atoms with Crippen LogP contribution >= 0.6 is 11.8 Å². The molecule has 0 saturated carbocycles. The van der Waals surface area contributed by atoms with Gasteiger partial charge >= 0.3 is 5.97 Å². The summed E-state index contributed by atoms with van der Waals surface area (Å²) >= 11 is 1.72. The minimum absolute atomic E-state index is 0.161. The smallest absolute Gasteiger partial charge is 0.320 e. The zero-order chi connectivity index (χ0) is 19.1. The molecule has 3 rings (SSSR count). The SMILES string of the molecule is CC.N[C@@H](CCSC[C@@H]1CC[C@H](c2c[nH]c3c(=O)[nH]cnc23)N1)C(=O)O. The highest BCUT2D eigenvalue weighted by Gasteiger charge is 2.27. The molecule has 0 unspecified atom stereocenters. The van der Waals surface area contributed by atoms with Crippen molar-refractivity contribution in [3.8, 4) is 0 Å². The molecule has 1 fully saturated rings. The lowest BCUT2D eigenvalue weighted by atomic mass is 10.1. The third-order valence-corrected chi connectivity index (χ3v) is 5.49. The number of aromatic nitrogens is 3. The normalized spacial score (nSPS) is 20.6. The van der Waals surface area contributed by atoms with E-state index in [0.717, 1.165) is 35.4 Å². The second-order valence-electron chi connectivity index (χ2n) is 6.00. The molecule has 1 saturated heterocycles. The van der Waals surface area contributed by atoms with Crippen LogP contribution in [0.15, 0.2) is 17.3 Å². The summed E-state index contributed by atoms with van der Waals surface area (Å²) in [5, 5.41) is 12.3. The summed E-state index contributed by atoms with van der Waals surface area (Å²) in [5.74, 6) is 0.705. The monoisotopic (exact) mass is 381 g/mol. The van der Waals surface area contributed by atoms with Crippen molar-refractivity contribution in [3.63, 3.8) is 0 Å². The van der Waals surface area contributed by atoms with E-state index in [1.807, 2.05) is 20.0 Å². The summed E-state index contributed by atoms with van der Waals surface area (Å²) in [7, 11) is 0. The first-order valence-corrected chi connectivity index (χ1v) is 10.1. The summed E-state index contributed by atoms with van der Waals surface area (Å²) in [6, 6.07) is -0.231. The maximum Gasteiger partial charge on any atom is 0.320 e. The molecule has 0 aromatic carbocycles. The van der Waals surface area contributed by atoms with Crippen LogP contribution in [0.25, 0.3) is 11.0 Å². The lowest BCUT2D eigenvalue weighted by Crippen LogP contribution is -2.31. The van der Waals surface area contributed by atoms with Gasteiger partial charge in [0.05, 0.1) is 6.33 Å². The number of nitrogens with two attached hydrogens (primary N) is 1. The van der Waals surface area contributed by atoms with Crippen LogP contribution in [-0.2, 0) is 4.79 Å². The first-order valence-electron chi connectivity index (χ1n) is 8.93. The molecule has 1 aliphatic rings. The molecule has 26 heavy (non-hydrogen) atoms. The molecule has 2 aromatic heterocycles. The van der Waals surface area contributed by atoms with Crippen molar-refractivity contribution >= 4 is 28.8 Å². The minimum atomic E-state index is -0.948. The summed E-state index contributed by atoms with van der Waals surface area (Å²) in [6.07, 6.45) is 5.78. The van der Waals surface area contributed by atoms with Gasteiger partial charge in [0.2, 0.25) is 0 Å². The summed E-state index contributed by atoms with van der Waals surface area (Å²) in [6.45, 7) is 4.00. The maximum atomic E-state index is 11.7. The van der Waals surface area contributed by atoms with Gasteiger partial charge in [0.15, 0.2) is 0 Å². The third-order valence-electron chi connectivity index (χ3n) is 4.32. The van der Waals surface area contributed by atoms with Crippen LogP contribution in [0.2, 0.25) is 0 Å². The van der Waals surface area contributed by atoms with Gasteiger partial charge in [-0.2, -0.15) is 11.8 Å². The average molecular weight is 382 g/mol. The van der Waals surface area contributed by atoms with Crippen molar-refractivity contribution in [2.24, 2.45) is 5.73 Å². The van der Waals surface area contributed by atoms with E-state index in [-0.39, 0.29) is 11.6 Å². The fourth-order valence-electron chi connectivity index (χ4n) is 2.99. The number of fused-ring (bicyclic) bond motifs is 1. The number of hydrogen-bond acceptors (Lipinski definition) is 6. The molecule has 0 aliphatic carbocycles. The molecule has 8 nitrogen and oxygen atoms in total. The first-order chi connectivity index (χ1) is 12.6. The number of thioether (sulfide) groups is 1. The van der Waals surface area contributed by atoms with Gasteiger partial charge in [0, 0.05) is 29.6 Å². The predicted molar refractivity (Wildman–Crippen MR) is 105 cm³/mol. The second kappa shape index (κ2) is 9.75. The Balaban J connectivity index is 0.00000117. The van der Waals surface area contributed by atoms with Gasteiger partial charge in [0.25, 0.3) is 5.56 Å². The quantitative estimate of drug-likeness (QED) is 0.459. The zero-order valence-corrected chi connectivity index (χ0v) is 15.9. The Morgan fingerprint density at radius 2 is 2.19 bits per heavy atom. The molecular formula is C17H27N5O3S. The van der Waals surface area contributed by atoms with Crippen molar-refractivity contribution in [3.05, 3.63) is 28.4 Å². The summed E-state index contributed by atoms with van der Waals surface area (Å²) in [4.78, 5) is 32.3. The van der Waals surface area contributed by atoms with Crippen molar-refractivity contribution in [2.75, 3.05) is 11.5 Å². The Bertz CT molecular complexity index is 775. The van der Waals surface area contributed by atoms with E-state index in [2.05, 4.69) is 20.3 Å². The van der Waals surface area contributed by atoms with Crippen LogP contribution in [-0.4, -0.2) is 49.6 Å². The molecule has 0 spiro atoms. The molecule has 9 heteroatoms. The lowest BCUT2D eigenvalue weighted by molar-refractivity contribution is -0.138. The van der Waals surface area contributed by atoms with Crippen LogP contribution < -0.4 is 16.6 Å². The van der Waals surface area contributed by atoms with Gasteiger partial charge in [-0.1, -0.05) is 13.8 Å². The van der Waals surface area contributed by atoms with Crippen molar-refractivity contribution < 1.29 is 9.90 Å². The highest BCUT2D eigenvalue weighted by molar-refractivity contribution is 7.99. The van der Waals surface area contributed by atoms with E-state index < -0.39 is 12.0 Å². The third kappa shape index (κ3) is 4.87. The number of nitrogens with one attached hydrogen (secondary N) is 3. The summed E-state index contributed by atoms with van der Waals surface area (Å²) < 4.78 is 0. The van der Waals surface area contributed by atoms with Crippen LogP contribution in [0.1, 0.15) is 44.7 Å². The highest BCUT2D eigenvalue weighted by atomic mass is 32.2. The Morgan fingerprint density at radius 1 is 1.42 bits per heavy atom. The zero-order valence-electron chi connectivity index (χ0n) is 15.1. The molecule has 144 valence electrons. The largest absolute Gasteiger partial charge is 0.480 e. The Labute approximate surface area is 156 Å². The van der Waals surface area contributed by atoms with Gasteiger partial charge < -0.3 is 26.1 Å². The Hall–Kier alpha value is -1.84. The van der Waals surface area contributed by atoms with Gasteiger partial charge in [-0.05, 0) is 25.0 Å². The van der Waals surface area contributed by atoms with Crippen molar-refractivity contribution in [2.45, 2.75) is 51.2 Å². The standard InChI is InChI=1S/C15H21N5O3S.C2H6/c16-10(15(22)23)3-4-24-6-8-1-2-11(20-8)9-5-17-13-12(9)18-7-19-14(13)21;1-2/h5,7-8,10-11,17,20H,1-4,6,16H2,(H,22,23)(H,18,19,21);1-2H3/t8-,10-,11+;/m0./s1.